The Morgan fingerprint density at radius 1 is 0.967 bits per heavy atom. The van der Waals surface area contributed by atoms with Crippen molar-refractivity contribution >= 4 is 17.6 Å². The average Bonchev–Trinajstić information content (AvgIpc) is 3.02. The molecule has 0 amide bonds. The van der Waals surface area contributed by atoms with Gasteiger partial charge < -0.3 is 9.84 Å². The van der Waals surface area contributed by atoms with E-state index in [2.05, 4.69) is 4.90 Å². The van der Waals surface area contributed by atoms with E-state index in [1.54, 1.807) is 24.3 Å². The third-order valence-corrected chi connectivity index (χ3v) is 6.86. The first-order valence-corrected chi connectivity index (χ1v) is 11.5. The highest BCUT2D eigenvalue weighted by Crippen LogP contribution is 2.39. The molecule has 2 bridgehead atoms. The molecular weight excluding hydrogens is 398 g/mol. The number of esters is 1. The summed E-state index contributed by atoms with van der Waals surface area (Å²) >= 11 is 5.83. The van der Waals surface area contributed by atoms with E-state index in [0.29, 0.717) is 29.1 Å². The van der Waals surface area contributed by atoms with E-state index >= 15 is 0 Å². The van der Waals surface area contributed by atoms with Crippen LogP contribution < -0.4 is 0 Å². The van der Waals surface area contributed by atoms with Crippen LogP contribution in [0, 0.1) is 0 Å². The summed E-state index contributed by atoms with van der Waals surface area (Å²) in [5.41, 5.74) is -0.746. The Bertz CT molecular complexity index is 775. The van der Waals surface area contributed by atoms with Gasteiger partial charge in [0, 0.05) is 30.8 Å². The molecule has 2 heterocycles. The molecule has 1 unspecified atom stereocenters. The number of hydrogen-bond donors (Lipinski definition) is 1. The van der Waals surface area contributed by atoms with Gasteiger partial charge in [0.25, 0.3) is 0 Å². The molecule has 1 N–H and O–H groups in total. The van der Waals surface area contributed by atoms with Gasteiger partial charge in [-0.3, -0.25) is 4.90 Å². The number of carbonyl (C=O) groups is 1. The molecule has 0 saturated carbocycles. The van der Waals surface area contributed by atoms with Crippen molar-refractivity contribution in [3.63, 3.8) is 0 Å². The molecule has 0 spiro atoms. The summed E-state index contributed by atoms with van der Waals surface area (Å²) < 4.78 is 5.98. The molecule has 2 saturated heterocycles. The van der Waals surface area contributed by atoms with Crippen LogP contribution in [0.25, 0.3) is 0 Å². The third kappa shape index (κ3) is 4.27. The summed E-state index contributed by atoms with van der Waals surface area (Å²) in [5.74, 6) is 0.126. The minimum atomic E-state index is -1.81. The minimum absolute atomic E-state index is 0.154. The van der Waals surface area contributed by atoms with Crippen LogP contribution >= 0.6 is 11.6 Å². The Balaban J connectivity index is 1.49. The lowest BCUT2D eigenvalue weighted by atomic mass is 9.86. The van der Waals surface area contributed by atoms with Gasteiger partial charge >= 0.3 is 5.97 Å². The number of hydrogen-bond acceptors (Lipinski definition) is 4. The van der Waals surface area contributed by atoms with Gasteiger partial charge in [0.15, 0.2) is 0 Å². The smallest absolute Gasteiger partial charge is 0.347 e. The number of halogens is 1. The fourth-order valence-corrected chi connectivity index (χ4v) is 5.26. The fourth-order valence-electron chi connectivity index (χ4n) is 5.07. The van der Waals surface area contributed by atoms with Crippen molar-refractivity contribution in [2.75, 3.05) is 12.4 Å². The molecule has 2 aliphatic heterocycles. The molecule has 5 heteroatoms. The zero-order chi connectivity index (χ0) is 21.0. The van der Waals surface area contributed by atoms with Crippen molar-refractivity contribution < 1.29 is 14.6 Å². The maximum Gasteiger partial charge on any atom is 0.347 e. The number of aliphatic hydroxyl groups is 1. The van der Waals surface area contributed by atoms with Crippen LogP contribution in [0.1, 0.15) is 49.7 Å². The molecule has 0 radical (unpaired) electrons. The van der Waals surface area contributed by atoms with Gasteiger partial charge in [-0.2, -0.15) is 0 Å². The highest BCUT2D eigenvalue weighted by Gasteiger charge is 2.46. The number of piperidine rings is 1. The van der Waals surface area contributed by atoms with Crippen LogP contribution in [-0.4, -0.2) is 46.6 Å². The lowest BCUT2D eigenvalue weighted by Crippen LogP contribution is -2.48. The zero-order valence-electron chi connectivity index (χ0n) is 17.3. The van der Waals surface area contributed by atoms with E-state index in [9.17, 15) is 9.90 Å². The molecule has 4 rings (SSSR count). The minimum Gasteiger partial charge on any atom is -0.460 e. The molecule has 160 valence electrons. The Hall–Kier alpha value is -1.88. The van der Waals surface area contributed by atoms with E-state index in [4.69, 9.17) is 16.3 Å². The lowest BCUT2D eigenvalue weighted by molar-refractivity contribution is -0.171. The second-order valence-electron chi connectivity index (χ2n) is 8.46. The fraction of sp³-hybridized carbons (Fsp3) is 0.480. The van der Waals surface area contributed by atoms with E-state index in [1.165, 1.54) is 0 Å². The van der Waals surface area contributed by atoms with E-state index in [0.717, 1.165) is 45.1 Å². The summed E-state index contributed by atoms with van der Waals surface area (Å²) in [4.78, 5) is 15.9. The zero-order valence-corrected chi connectivity index (χ0v) is 18.0. The van der Waals surface area contributed by atoms with E-state index < -0.39 is 11.6 Å². The van der Waals surface area contributed by atoms with Crippen molar-refractivity contribution in [3.05, 3.63) is 71.8 Å². The number of carbonyl (C=O) groups excluding carboxylic acids is 1. The van der Waals surface area contributed by atoms with Gasteiger partial charge in [-0.15, -0.1) is 11.6 Å². The monoisotopic (exact) mass is 427 g/mol. The molecule has 2 fully saturated rings. The van der Waals surface area contributed by atoms with Crippen LogP contribution in [0.3, 0.4) is 0 Å². The van der Waals surface area contributed by atoms with Crippen LogP contribution in [0.15, 0.2) is 60.7 Å². The lowest BCUT2D eigenvalue weighted by Gasteiger charge is -2.39. The first-order chi connectivity index (χ1) is 14.6. The number of rotatable bonds is 8. The van der Waals surface area contributed by atoms with Crippen molar-refractivity contribution in [1.29, 1.82) is 0 Å². The predicted octanol–water partition coefficient (Wildman–Crippen LogP) is 4.48. The first kappa shape index (κ1) is 21.4. The molecule has 2 aliphatic rings. The molecule has 4 nitrogen and oxygen atoms in total. The molecule has 2 aromatic carbocycles. The average molecular weight is 428 g/mol. The van der Waals surface area contributed by atoms with Gasteiger partial charge in [-0.05, 0) is 43.4 Å². The number of fused-ring (bicyclic) bond motifs is 2. The van der Waals surface area contributed by atoms with Crippen molar-refractivity contribution in [1.82, 2.24) is 4.90 Å². The second kappa shape index (κ2) is 9.51. The van der Waals surface area contributed by atoms with E-state index in [1.807, 2.05) is 36.4 Å². The van der Waals surface area contributed by atoms with E-state index in [-0.39, 0.29) is 6.10 Å². The van der Waals surface area contributed by atoms with Crippen molar-refractivity contribution in [3.8, 4) is 0 Å². The Morgan fingerprint density at radius 3 is 2.00 bits per heavy atom. The molecular formula is C25H30ClNO3. The van der Waals surface area contributed by atoms with Gasteiger partial charge in [0.1, 0.15) is 6.10 Å². The van der Waals surface area contributed by atoms with Crippen LogP contribution in [0.5, 0.6) is 0 Å². The summed E-state index contributed by atoms with van der Waals surface area (Å²) in [7, 11) is 0. The quantitative estimate of drug-likeness (QED) is 0.383. The molecule has 0 aliphatic carbocycles. The normalized spacial score (nSPS) is 24.0. The molecule has 0 aromatic heterocycles. The third-order valence-electron chi connectivity index (χ3n) is 6.59. The standard InChI is InChI=1S/C25H30ClNO3/c26-15-7-8-16-27-21-13-14-22(27)18-23(17-21)30-24(28)25(29,19-9-3-1-4-10-19)20-11-5-2-6-12-20/h1-6,9-12,21-23,29H,7-8,13-18H2/t21-,22+,23?. The van der Waals surface area contributed by atoms with Crippen LogP contribution in [0.4, 0.5) is 0 Å². The number of alkyl halides is 1. The summed E-state index contributed by atoms with van der Waals surface area (Å²) in [6, 6.07) is 19.1. The second-order valence-corrected chi connectivity index (χ2v) is 8.84. The number of unbranched alkanes of at least 4 members (excludes halogenated alkanes) is 1. The van der Waals surface area contributed by atoms with Crippen LogP contribution in [-0.2, 0) is 15.1 Å². The topological polar surface area (TPSA) is 49.8 Å². The SMILES string of the molecule is O=C(OC1C[C@H]2CC[C@@H](C1)N2CCCCCl)C(O)(c1ccccc1)c1ccccc1. The summed E-state index contributed by atoms with van der Waals surface area (Å²) in [5, 5.41) is 11.6. The Morgan fingerprint density at radius 2 is 1.50 bits per heavy atom. The number of benzene rings is 2. The van der Waals surface area contributed by atoms with Crippen LogP contribution in [0.2, 0.25) is 0 Å². The van der Waals surface area contributed by atoms with Gasteiger partial charge in [-0.25, -0.2) is 4.79 Å². The Kier molecular flexibility index (Phi) is 6.77. The Labute approximate surface area is 183 Å². The van der Waals surface area contributed by atoms with Crippen molar-refractivity contribution in [2.45, 2.75) is 62.3 Å². The van der Waals surface area contributed by atoms with Gasteiger partial charge in [-0.1, -0.05) is 60.7 Å². The van der Waals surface area contributed by atoms with Gasteiger partial charge in [0.05, 0.1) is 0 Å². The van der Waals surface area contributed by atoms with Gasteiger partial charge in [0.2, 0.25) is 5.60 Å². The number of nitrogens with zero attached hydrogens (tertiary/aromatic N) is 1. The predicted molar refractivity (Wildman–Crippen MR) is 118 cm³/mol. The first-order valence-electron chi connectivity index (χ1n) is 11.0. The molecule has 2 aromatic rings. The maximum atomic E-state index is 13.4. The highest BCUT2D eigenvalue weighted by molar-refractivity contribution is 6.17. The molecule has 3 atom stereocenters. The largest absolute Gasteiger partial charge is 0.460 e. The maximum absolute atomic E-state index is 13.4. The summed E-state index contributed by atoms with van der Waals surface area (Å²) in [6.45, 7) is 1.07. The van der Waals surface area contributed by atoms with Crippen molar-refractivity contribution in [2.24, 2.45) is 0 Å². The highest BCUT2D eigenvalue weighted by atomic mass is 35.5. The number of ether oxygens (including phenoxy) is 1. The summed E-state index contributed by atoms with van der Waals surface area (Å²) in [6.07, 6.45) is 5.98. The molecule has 30 heavy (non-hydrogen) atoms.